The Hall–Kier alpha value is -2.68. The molecule has 0 radical (unpaired) electrons. The summed E-state index contributed by atoms with van der Waals surface area (Å²) < 4.78 is 2.37. The summed E-state index contributed by atoms with van der Waals surface area (Å²) in [6, 6.07) is 4.31. The lowest BCUT2D eigenvalue weighted by molar-refractivity contribution is -0.113. The third-order valence-corrected chi connectivity index (χ3v) is 6.23. The highest BCUT2D eigenvalue weighted by molar-refractivity contribution is 6.12. The Morgan fingerprint density at radius 1 is 0.613 bits per heavy atom. The molecule has 3 heteroatoms. The van der Waals surface area contributed by atoms with Gasteiger partial charge in [-0.05, 0) is 104 Å². The number of carbonyl (C=O) groups is 2. The Morgan fingerprint density at radius 3 is 1.42 bits per heavy atom. The van der Waals surface area contributed by atoms with Crippen LogP contribution in [-0.2, 0) is 16.1 Å². The molecule has 1 aromatic heterocycles. The molecule has 0 fully saturated rings. The van der Waals surface area contributed by atoms with Crippen LogP contribution >= 0.6 is 0 Å². The van der Waals surface area contributed by atoms with Crippen molar-refractivity contribution in [1.82, 2.24) is 4.57 Å². The van der Waals surface area contributed by atoms with Crippen molar-refractivity contribution in [1.29, 1.82) is 0 Å². The monoisotopic (exact) mass is 417 g/mol. The number of rotatable bonds is 7. The molecule has 1 aromatic rings. The van der Waals surface area contributed by atoms with Gasteiger partial charge in [-0.1, -0.05) is 39.0 Å². The van der Waals surface area contributed by atoms with Gasteiger partial charge in [0, 0.05) is 17.2 Å². The van der Waals surface area contributed by atoms with Crippen LogP contribution < -0.4 is 10.7 Å². The van der Waals surface area contributed by atoms with E-state index in [0.717, 1.165) is 57.1 Å². The molecule has 2 aliphatic carbocycles. The van der Waals surface area contributed by atoms with E-state index in [1.807, 2.05) is 52.0 Å². The predicted molar refractivity (Wildman–Crippen MR) is 129 cm³/mol. The number of aromatic nitrogens is 1. The fourth-order valence-electron chi connectivity index (χ4n) is 4.46. The highest BCUT2D eigenvalue weighted by atomic mass is 16.1. The van der Waals surface area contributed by atoms with Gasteiger partial charge in [-0.3, -0.25) is 9.59 Å². The summed E-state index contributed by atoms with van der Waals surface area (Å²) in [5.74, 6) is 0.241. The molecule has 0 aliphatic heterocycles. The molecule has 2 aliphatic rings. The summed E-state index contributed by atoms with van der Waals surface area (Å²) in [6.45, 7) is 10.7. The molecule has 0 aromatic carbocycles. The van der Waals surface area contributed by atoms with Crippen LogP contribution in [0.1, 0.15) is 73.1 Å². The van der Waals surface area contributed by atoms with Crippen molar-refractivity contribution in [3.8, 4) is 0 Å². The van der Waals surface area contributed by atoms with E-state index < -0.39 is 0 Å². The van der Waals surface area contributed by atoms with Crippen LogP contribution in [0.5, 0.6) is 0 Å². The third-order valence-electron chi connectivity index (χ3n) is 6.23. The molecule has 0 unspecified atom stereocenters. The summed E-state index contributed by atoms with van der Waals surface area (Å²) in [4.78, 5) is 24.5. The van der Waals surface area contributed by atoms with Gasteiger partial charge in [0.25, 0.3) is 0 Å². The molecule has 0 spiro atoms. The molecule has 0 saturated heterocycles. The zero-order valence-electron chi connectivity index (χ0n) is 19.7. The second-order valence-corrected chi connectivity index (χ2v) is 8.90. The second-order valence-electron chi connectivity index (χ2n) is 8.90. The van der Waals surface area contributed by atoms with E-state index in [0.29, 0.717) is 0 Å². The lowest BCUT2D eigenvalue weighted by atomic mass is 9.95. The molecule has 3 nitrogen and oxygen atoms in total. The largest absolute Gasteiger partial charge is 0.341 e. The number of ketones is 2. The van der Waals surface area contributed by atoms with Crippen LogP contribution in [0.25, 0.3) is 11.1 Å². The maximum atomic E-state index is 12.2. The predicted octanol–water partition coefficient (Wildman–Crippen LogP) is 5.10. The summed E-state index contributed by atoms with van der Waals surface area (Å²) >= 11 is 0. The summed E-state index contributed by atoms with van der Waals surface area (Å²) in [6.07, 6.45) is 15.5. The maximum absolute atomic E-state index is 12.2. The number of nitrogens with zero attached hydrogens (tertiary/aromatic N) is 1. The minimum atomic E-state index is 0.121. The van der Waals surface area contributed by atoms with Gasteiger partial charge in [0.15, 0.2) is 11.6 Å². The average molecular weight is 418 g/mol. The van der Waals surface area contributed by atoms with E-state index >= 15 is 0 Å². The smallest absolute Gasteiger partial charge is 0.184 e. The zero-order chi connectivity index (χ0) is 22.5. The molecule has 0 saturated carbocycles. The molecule has 0 bridgehead atoms. The van der Waals surface area contributed by atoms with Crippen molar-refractivity contribution in [2.45, 2.75) is 79.7 Å². The van der Waals surface area contributed by atoms with Crippen LogP contribution in [0, 0.1) is 0 Å². The molecule has 0 amide bonds. The molecule has 0 N–H and O–H groups in total. The van der Waals surface area contributed by atoms with Gasteiger partial charge in [0.2, 0.25) is 0 Å². The van der Waals surface area contributed by atoms with E-state index in [4.69, 9.17) is 0 Å². The quantitative estimate of drug-likeness (QED) is 0.579. The van der Waals surface area contributed by atoms with Crippen molar-refractivity contribution in [3.63, 3.8) is 0 Å². The van der Waals surface area contributed by atoms with Gasteiger partial charge in [-0.2, -0.15) is 0 Å². The SMILES string of the molecule is CCCCCCCCn1c(=C2C=C(C)C(=O)C(C)=C2)ccc1=C1C=C(C)C(=O)C(C)=C1. The Balaban J connectivity index is 2.10. The van der Waals surface area contributed by atoms with Crippen LogP contribution in [0.4, 0.5) is 0 Å². The van der Waals surface area contributed by atoms with E-state index in [9.17, 15) is 9.59 Å². The summed E-state index contributed by atoms with van der Waals surface area (Å²) in [7, 11) is 0. The van der Waals surface area contributed by atoms with Crippen molar-refractivity contribution < 1.29 is 9.59 Å². The Labute approximate surface area is 186 Å². The number of allylic oxidation sites excluding steroid dienone is 8. The number of hydrogen-bond donors (Lipinski definition) is 0. The van der Waals surface area contributed by atoms with E-state index in [1.165, 1.54) is 32.1 Å². The van der Waals surface area contributed by atoms with Crippen molar-refractivity contribution in [2.75, 3.05) is 0 Å². The Bertz CT molecular complexity index is 1000. The van der Waals surface area contributed by atoms with E-state index in [2.05, 4.69) is 23.6 Å². The van der Waals surface area contributed by atoms with Crippen LogP contribution in [0.15, 0.2) is 58.7 Å². The third kappa shape index (κ3) is 5.15. The van der Waals surface area contributed by atoms with Crippen LogP contribution in [0.3, 0.4) is 0 Å². The highest BCUT2D eigenvalue weighted by Gasteiger charge is 2.16. The lowest BCUT2D eigenvalue weighted by Crippen LogP contribution is -2.30. The Morgan fingerprint density at radius 2 is 1.00 bits per heavy atom. The number of Topliss-reactive ketones (excluding diaryl/α,β-unsaturated/α-hetero) is 2. The minimum absolute atomic E-state index is 0.121. The molecular weight excluding hydrogens is 382 g/mol. The summed E-state index contributed by atoms with van der Waals surface area (Å²) in [5, 5.41) is 2.27. The summed E-state index contributed by atoms with van der Waals surface area (Å²) in [5.41, 5.74) is 5.30. The van der Waals surface area contributed by atoms with Crippen LogP contribution in [0.2, 0.25) is 0 Å². The lowest BCUT2D eigenvalue weighted by Gasteiger charge is -2.14. The first-order chi connectivity index (χ1) is 14.8. The van der Waals surface area contributed by atoms with Crippen molar-refractivity contribution in [3.05, 3.63) is 69.4 Å². The van der Waals surface area contributed by atoms with E-state index in [1.54, 1.807) is 0 Å². The first kappa shape index (κ1) is 23.0. The molecule has 164 valence electrons. The Kier molecular flexibility index (Phi) is 7.48. The van der Waals surface area contributed by atoms with Gasteiger partial charge < -0.3 is 4.57 Å². The molecule has 3 rings (SSSR count). The first-order valence-electron chi connectivity index (χ1n) is 11.6. The molecule has 31 heavy (non-hydrogen) atoms. The topological polar surface area (TPSA) is 39.1 Å². The first-order valence-corrected chi connectivity index (χ1v) is 11.6. The zero-order valence-corrected chi connectivity index (χ0v) is 19.7. The average Bonchev–Trinajstić information content (AvgIpc) is 3.16. The fourth-order valence-corrected chi connectivity index (χ4v) is 4.46. The number of unbranched alkanes of at least 4 members (excludes halogenated alkanes) is 5. The van der Waals surface area contributed by atoms with Crippen molar-refractivity contribution in [2.24, 2.45) is 0 Å². The normalized spacial score (nSPS) is 16.9. The van der Waals surface area contributed by atoms with E-state index in [-0.39, 0.29) is 11.6 Å². The molecular formula is C28H35NO2. The van der Waals surface area contributed by atoms with Gasteiger partial charge >= 0.3 is 0 Å². The number of carbonyl (C=O) groups excluding carboxylic acids is 2. The standard InChI is InChI=1S/C28H35NO2/c1-6-7-8-9-10-11-14-29-25(23-15-19(2)27(30)20(3)16-23)12-13-26(29)24-17-21(4)28(31)22(5)18-24/h12-13,15-18H,6-11,14H2,1-5H3. The van der Waals surface area contributed by atoms with Crippen LogP contribution in [-0.4, -0.2) is 16.1 Å². The second kappa shape index (κ2) is 10.1. The van der Waals surface area contributed by atoms with Gasteiger partial charge in [-0.25, -0.2) is 0 Å². The van der Waals surface area contributed by atoms with Crippen molar-refractivity contribution >= 4 is 22.7 Å². The minimum Gasteiger partial charge on any atom is -0.341 e. The van der Waals surface area contributed by atoms with Gasteiger partial charge in [-0.15, -0.1) is 0 Å². The fraction of sp³-hybridized carbons (Fsp3) is 0.429. The molecule has 0 atom stereocenters. The molecule has 1 heterocycles. The maximum Gasteiger partial charge on any atom is 0.184 e. The number of hydrogen-bond acceptors (Lipinski definition) is 2. The highest BCUT2D eigenvalue weighted by Crippen LogP contribution is 2.20. The van der Waals surface area contributed by atoms with Gasteiger partial charge in [0.05, 0.1) is 0 Å². The van der Waals surface area contributed by atoms with Gasteiger partial charge in [0.1, 0.15) is 0 Å².